The molecular formula is C15H23FN2O. The number of para-hydroxylation sites is 1. The number of anilines is 1. The molecule has 1 aliphatic carbocycles. The molecule has 3 nitrogen and oxygen atoms in total. The Morgan fingerprint density at radius 2 is 2.11 bits per heavy atom. The molecule has 1 aliphatic rings. The zero-order valence-corrected chi connectivity index (χ0v) is 11.7. The van der Waals surface area contributed by atoms with Gasteiger partial charge in [0.15, 0.2) is 0 Å². The van der Waals surface area contributed by atoms with Crippen LogP contribution in [0.25, 0.3) is 0 Å². The van der Waals surface area contributed by atoms with Crippen LogP contribution in [-0.2, 0) is 0 Å². The van der Waals surface area contributed by atoms with Gasteiger partial charge in [-0.15, -0.1) is 0 Å². The SMILES string of the molecule is CN(CCC(C)(CO)NC1CC1)c1ccccc1F. The molecule has 106 valence electrons. The first-order chi connectivity index (χ1) is 9.04. The van der Waals surface area contributed by atoms with Gasteiger partial charge in [-0.3, -0.25) is 0 Å². The highest BCUT2D eigenvalue weighted by Gasteiger charge is 2.31. The predicted octanol–water partition coefficient (Wildman–Crippen LogP) is 2.15. The Morgan fingerprint density at radius 1 is 1.42 bits per heavy atom. The van der Waals surface area contributed by atoms with Crippen molar-refractivity contribution in [2.75, 3.05) is 25.1 Å². The van der Waals surface area contributed by atoms with E-state index in [-0.39, 0.29) is 18.0 Å². The highest BCUT2D eigenvalue weighted by molar-refractivity contribution is 5.46. The number of nitrogens with zero attached hydrogens (tertiary/aromatic N) is 1. The number of aliphatic hydroxyl groups excluding tert-OH is 1. The van der Waals surface area contributed by atoms with Crippen molar-refractivity contribution in [1.29, 1.82) is 0 Å². The smallest absolute Gasteiger partial charge is 0.146 e. The highest BCUT2D eigenvalue weighted by atomic mass is 19.1. The quantitative estimate of drug-likeness (QED) is 0.794. The lowest BCUT2D eigenvalue weighted by Crippen LogP contribution is -2.48. The largest absolute Gasteiger partial charge is 0.394 e. The number of halogens is 1. The van der Waals surface area contributed by atoms with Gasteiger partial charge < -0.3 is 15.3 Å². The van der Waals surface area contributed by atoms with Gasteiger partial charge in [-0.1, -0.05) is 12.1 Å². The van der Waals surface area contributed by atoms with Gasteiger partial charge >= 0.3 is 0 Å². The van der Waals surface area contributed by atoms with Crippen LogP contribution in [-0.4, -0.2) is 36.9 Å². The van der Waals surface area contributed by atoms with Crippen molar-refractivity contribution >= 4 is 5.69 Å². The molecule has 2 rings (SSSR count). The van der Waals surface area contributed by atoms with Crippen molar-refractivity contribution in [3.8, 4) is 0 Å². The molecule has 0 saturated heterocycles. The number of hydrogen-bond acceptors (Lipinski definition) is 3. The van der Waals surface area contributed by atoms with Gasteiger partial charge in [0.25, 0.3) is 0 Å². The van der Waals surface area contributed by atoms with Crippen molar-refractivity contribution in [2.45, 2.75) is 37.8 Å². The van der Waals surface area contributed by atoms with Crippen LogP contribution >= 0.6 is 0 Å². The fourth-order valence-corrected chi connectivity index (χ4v) is 2.21. The molecule has 0 aromatic heterocycles. The van der Waals surface area contributed by atoms with E-state index in [2.05, 4.69) is 5.32 Å². The van der Waals surface area contributed by atoms with Crippen molar-refractivity contribution in [1.82, 2.24) is 5.32 Å². The van der Waals surface area contributed by atoms with E-state index in [1.54, 1.807) is 12.1 Å². The van der Waals surface area contributed by atoms with Crippen molar-refractivity contribution in [3.63, 3.8) is 0 Å². The standard InChI is InChI=1S/C15H23FN2O/c1-15(11-19,17-12-7-8-12)9-10-18(2)14-6-4-3-5-13(14)16/h3-6,12,17,19H,7-11H2,1-2H3. The Labute approximate surface area is 114 Å². The summed E-state index contributed by atoms with van der Waals surface area (Å²) in [6.45, 7) is 2.84. The van der Waals surface area contributed by atoms with E-state index in [0.29, 0.717) is 18.3 Å². The van der Waals surface area contributed by atoms with Crippen LogP contribution in [0.3, 0.4) is 0 Å². The van der Waals surface area contributed by atoms with Gasteiger partial charge in [-0.05, 0) is 38.3 Å². The molecule has 0 heterocycles. The maximum absolute atomic E-state index is 13.7. The Morgan fingerprint density at radius 3 is 2.68 bits per heavy atom. The molecule has 0 aliphatic heterocycles. The Bertz CT molecular complexity index is 422. The zero-order chi connectivity index (χ0) is 13.9. The minimum atomic E-state index is -0.277. The summed E-state index contributed by atoms with van der Waals surface area (Å²) in [5.41, 5.74) is 0.329. The van der Waals surface area contributed by atoms with Crippen molar-refractivity contribution in [2.24, 2.45) is 0 Å². The van der Waals surface area contributed by atoms with E-state index in [1.165, 1.54) is 18.9 Å². The van der Waals surface area contributed by atoms with Gasteiger partial charge in [0.2, 0.25) is 0 Å². The normalized spacial score (nSPS) is 18.1. The lowest BCUT2D eigenvalue weighted by atomic mass is 9.98. The second-order valence-electron chi connectivity index (χ2n) is 5.76. The third-order valence-electron chi connectivity index (χ3n) is 3.74. The first kappa shape index (κ1) is 14.3. The van der Waals surface area contributed by atoms with Crippen LogP contribution in [0.5, 0.6) is 0 Å². The van der Waals surface area contributed by atoms with E-state index in [9.17, 15) is 9.50 Å². The number of rotatable bonds is 7. The van der Waals surface area contributed by atoms with Crippen LogP contribution in [0.1, 0.15) is 26.2 Å². The summed E-state index contributed by atoms with van der Waals surface area (Å²) in [4.78, 5) is 1.90. The molecule has 1 unspecified atom stereocenters. The number of aliphatic hydroxyl groups is 1. The summed E-state index contributed by atoms with van der Waals surface area (Å²) in [6, 6.07) is 7.33. The molecule has 4 heteroatoms. The molecule has 1 aromatic carbocycles. The lowest BCUT2D eigenvalue weighted by molar-refractivity contribution is 0.165. The first-order valence-corrected chi connectivity index (χ1v) is 6.88. The Balaban J connectivity index is 1.91. The van der Waals surface area contributed by atoms with E-state index in [4.69, 9.17) is 0 Å². The van der Waals surface area contributed by atoms with E-state index >= 15 is 0 Å². The van der Waals surface area contributed by atoms with Gasteiger partial charge in [0, 0.05) is 25.2 Å². The Kier molecular flexibility index (Phi) is 4.42. The minimum Gasteiger partial charge on any atom is -0.394 e. The molecule has 19 heavy (non-hydrogen) atoms. The van der Waals surface area contributed by atoms with Crippen LogP contribution < -0.4 is 10.2 Å². The number of nitrogens with one attached hydrogen (secondary N) is 1. The van der Waals surface area contributed by atoms with Gasteiger partial charge in [-0.25, -0.2) is 4.39 Å². The number of hydrogen-bond donors (Lipinski definition) is 2. The van der Waals surface area contributed by atoms with Crippen molar-refractivity contribution in [3.05, 3.63) is 30.1 Å². The highest BCUT2D eigenvalue weighted by Crippen LogP contribution is 2.25. The monoisotopic (exact) mass is 266 g/mol. The minimum absolute atomic E-state index is 0.106. The van der Waals surface area contributed by atoms with Crippen LogP contribution in [0, 0.1) is 5.82 Å². The van der Waals surface area contributed by atoms with Crippen LogP contribution in [0.2, 0.25) is 0 Å². The summed E-state index contributed by atoms with van der Waals surface area (Å²) < 4.78 is 13.7. The molecule has 2 N–H and O–H groups in total. The number of benzene rings is 1. The lowest BCUT2D eigenvalue weighted by Gasteiger charge is -2.31. The third kappa shape index (κ3) is 3.91. The maximum atomic E-state index is 13.7. The van der Waals surface area contributed by atoms with E-state index in [0.717, 1.165) is 6.42 Å². The second-order valence-corrected chi connectivity index (χ2v) is 5.76. The molecular weight excluding hydrogens is 243 g/mol. The summed E-state index contributed by atoms with van der Waals surface area (Å²) in [5.74, 6) is -0.203. The zero-order valence-electron chi connectivity index (χ0n) is 11.7. The first-order valence-electron chi connectivity index (χ1n) is 6.88. The summed E-state index contributed by atoms with van der Waals surface area (Å²) in [5, 5.41) is 13.0. The van der Waals surface area contributed by atoms with E-state index in [1.807, 2.05) is 24.9 Å². The van der Waals surface area contributed by atoms with Crippen molar-refractivity contribution < 1.29 is 9.50 Å². The summed E-state index contributed by atoms with van der Waals surface area (Å²) >= 11 is 0. The van der Waals surface area contributed by atoms with Crippen LogP contribution in [0.15, 0.2) is 24.3 Å². The van der Waals surface area contributed by atoms with Gasteiger partial charge in [0.05, 0.1) is 12.3 Å². The Hall–Kier alpha value is -1.13. The molecule has 0 radical (unpaired) electrons. The molecule has 1 aromatic rings. The molecule has 1 fully saturated rings. The average molecular weight is 266 g/mol. The molecule has 1 atom stereocenters. The van der Waals surface area contributed by atoms with Gasteiger partial charge in [0.1, 0.15) is 5.82 Å². The summed E-state index contributed by atoms with van der Waals surface area (Å²) in [6.07, 6.45) is 3.17. The molecule has 0 bridgehead atoms. The average Bonchev–Trinajstić information content (AvgIpc) is 3.20. The third-order valence-corrected chi connectivity index (χ3v) is 3.74. The van der Waals surface area contributed by atoms with E-state index < -0.39 is 0 Å². The fraction of sp³-hybridized carbons (Fsp3) is 0.600. The topological polar surface area (TPSA) is 35.5 Å². The van der Waals surface area contributed by atoms with Gasteiger partial charge in [-0.2, -0.15) is 0 Å². The second kappa shape index (κ2) is 5.88. The maximum Gasteiger partial charge on any atom is 0.146 e. The fourth-order valence-electron chi connectivity index (χ4n) is 2.21. The summed E-state index contributed by atoms with van der Waals surface area (Å²) in [7, 11) is 1.88. The molecule has 0 spiro atoms. The predicted molar refractivity (Wildman–Crippen MR) is 75.9 cm³/mol. The molecule has 1 saturated carbocycles. The van der Waals surface area contributed by atoms with Crippen LogP contribution in [0.4, 0.5) is 10.1 Å². The molecule has 0 amide bonds.